The molecule has 0 radical (unpaired) electrons. The number of benzene rings is 2. The van der Waals surface area contributed by atoms with Crippen molar-refractivity contribution in [2.24, 2.45) is 0 Å². The highest BCUT2D eigenvalue weighted by atomic mass is 32.1. The van der Waals surface area contributed by atoms with Crippen LogP contribution in [0, 0.1) is 13.8 Å². The molecular formula is C20H20N6OS. The normalized spacial score (nSPS) is 11.0. The minimum Gasteiger partial charge on any atom is -0.497 e. The molecule has 0 spiro atoms. The summed E-state index contributed by atoms with van der Waals surface area (Å²) in [7, 11) is 1.65. The number of aromatic nitrogens is 6. The van der Waals surface area contributed by atoms with E-state index in [0.29, 0.717) is 17.4 Å². The summed E-state index contributed by atoms with van der Waals surface area (Å²) in [5, 5.41) is 18.0. The van der Waals surface area contributed by atoms with Crippen LogP contribution in [0.25, 0.3) is 17.1 Å². The second-order valence-electron chi connectivity index (χ2n) is 6.58. The molecule has 28 heavy (non-hydrogen) atoms. The Morgan fingerprint density at radius 2 is 1.86 bits per heavy atom. The van der Waals surface area contributed by atoms with Crippen LogP contribution in [-0.4, -0.2) is 37.1 Å². The molecule has 0 aliphatic carbocycles. The SMILES string of the molecule is COc1ccc(Cn2nnc(-c3cnn(-c4cc(C)ccc4C)c3S)n2)cc1. The summed E-state index contributed by atoms with van der Waals surface area (Å²) in [6.07, 6.45) is 1.72. The maximum atomic E-state index is 5.18. The molecule has 2 heterocycles. The number of thiol groups is 1. The van der Waals surface area contributed by atoms with Crippen LogP contribution in [0.2, 0.25) is 0 Å². The van der Waals surface area contributed by atoms with Crippen LogP contribution in [0.4, 0.5) is 0 Å². The lowest BCUT2D eigenvalue weighted by Crippen LogP contribution is -2.04. The van der Waals surface area contributed by atoms with Crippen molar-refractivity contribution in [3.63, 3.8) is 0 Å². The van der Waals surface area contributed by atoms with E-state index in [4.69, 9.17) is 4.74 Å². The quantitative estimate of drug-likeness (QED) is 0.527. The van der Waals surface area contributed by atoms with E-state index in [0.717, 1.165) is 33.7 Å². The van der Waals surface area contributed by atoms with Crippen molar-refractivity contribution in [1.82, 2.24) is 30.0 Å². The third kappa shape index (κ3) is 3.50. The van der Waals surface area contributed by atoms with Gasteiger partial charge in [0.15, 0.2) is 0 Å². The summed E-state index contributed by atoms with van der Waals surface area (Å²) in [5.74, 6) is 1.31. The molecule has 0 N–H and O–H groups in total. The Bertz CT molecular complexity index is 1120. The van der Waals surface area contributed by atoms with E-state index in [1.807, 2.05) is 31.2 Å². The van der Waals surface area contributed by atoms with E-state index in [1.54, 1.807) is 22.8 Å². The van der Waals surface area contributed by atoms with Gasteiger partial charge in [-0.15, -0.1) is 22.8 Å². The van der Waals surface area contributed by atoms with Gasteiger partial charge in [0.25, 0.3) is 0 Å². The van der Waals surface area contributed by atoms with Crippen LogP contribution in [0.15, 0.2) is 53.7 Å². The first-order valence-corrected chi connectivity index (χ1v) is 9.25. The Morgan fingerprint density at radius 1 is 1.07 bits per heavy atom. The summed E-state index contributed by atoms with van der Waals surface area (Å²) in [5.41, 5.74) is 5.06. The van der Waals surface area contributed by atoms with Crippen molar-refractivity contribution in [1.29, 1.82) is 0 Å². The average molecular weight is 392 g/mol. The maximum Gasteiger partial charge on any atom is 0.209 e. The monoisotopic (exact) mass is 392 g/mol. The van der Waals surface area contributed by atoms with Gasteiger partial charge in [-0.2, -0.15) is 9.90 Å². The second-order valence-corrected chi connectivity index (χ2v) is 7.00. The summed E-state index contributed by atoms with van der Waals surface area (Å²) in [6.45, 7) is 4.62. The van der Waals surface area contributed by atoms with Crippen molar-refractivity contribution < 1.29 is 4.74 Å². The lowest BCUT2D eigenvalue weighted by molar-refractivity contribution is 0.414. The minimum absolute atomic E-state index is 0.495. The third-order valence-electron chi connectivity index (χ3n) is 4.51. The van der Waals surface area contributed by atoms with Gasteiger partial charge in [0.2, 0.25) is 5.82 Å². The Labute approximate surface area is 168 Å². The molecule has 0 unspecified atom stereocenters. The van der Waals surface area contributed by atoms with Gasteiger partial charge in [0.05, 0.1) is 31.1 Å². The van der Waals surface area contributed by atoms with Crippen LogP contribution in [0.1, 0.15) is 16.7 Å². The number of ether oxygens (including phenoxy) is 1. The summed E-state index contributed by atoms with van der Waals surface area (Å²) in [6, 6.07) is 14.0. The van der Waals surface area contributed by atoms with Crippen LogP contribution < -0.4 is 4.74 Å². The summed E-state index contributed by atoms with van der Waals surface area (Å²) < 4.78 is 6.98. The first-order valence-electron chi connectivity index (χ1n) is 8.81. The fraction of sp³-hybridized carbons (Fsp3) is 0.200. The minimum atomic E-state index is 0.495. The Balaban J connectivity index is 1.60. The molecule has 7 nitrogen and oxygen atoms in total. The van der Waals surface area contributed by atoms with Gasteiger partial charge in [0.1, 0.15) is 10.8 Å². The zero-order valence-corrected chi connectivity index (χ0v) is 16.8. The van der Waals surface area contributed by atoms with Gasteiger partial charge in [0, 0.05) is 0 Å². The molecule has 0 amide bonds. The molecule has 8 heteroatoms. The zero-order valence-electron chi connectivity index (χ0n) is 15.9. The van der Waals surface area contributed by atoms with Crippen molar-refractivity contribution in [2.75, 3.05) is 7.11 Å². The smallest absolute Gasteiger partial charge is 0.209 e. The molecular weight excluding hydrogens is 372 g/mol. The van der Waals surface area contributed by atoms with E-state index in [-0.39, 0.29) is 0 Å². The van der Waals surface area contributed by atoms with Crippen molar-refractivity contribution >= 4 is 12.6 Å². The molecule has 0 atom stereocenters. The number of nitrogens with zero attached hydrogens (tertiary/aromatic N) is 6. The Morgan fingerprint density at radius 3 is 2.61 bits per heavy atom. The van der Waals surface area contributed by atoms with Crippen molar-refractivity contribution in [3.05, 3.63) is 65.4 Å². The molecule has 0 aliphatic heterocycles. The van der Waals surface area contributed by atoms with Crippen LogP contribution in [-0.2, 0) is 6.54 Å². The average Bonchev–Trinajstić information content (AvgIpc) is 3.31. The molecule has 0 bridgehead atoms. The first kappa shape index (κ1) is 18.2. The second kappa shape index (κ2) is 7.47. The molecule has 0 aliphatic rings. The molecule has 0 saturated carbocycles. The molecule has 4 rings (SSSR count). The highest BCUT2D eigenvalue weighted by Gasteiger charge is 2.16. The number of hydrogen-bond acceptors (Lipinski definition) is 6. The van der Waals surface area contributed by atoms with Gasteiger partial charge in [-0.1, -0.05) is 24.3 Å². The molecule has 2 aromatic heterocycles. The largest absolute Gasteiger partial charge is 0.497 e. The number of tetrazole rings is 1. The number of hydrogen-bond donors (Lipinski definition) is 1. The van der Waals surface area contributed by atoms with E-state index in [1.165, 1.54) is 0 Å². The summed E-state index contributed by atoms with van der Waals surface area (Å²) in [4.78, 5) is 1.56. The zero-order chi connectivity index (χ0) is 19.7. The van der Waals surface area contributed by atoms with Crippen molar-refractivity contribution in [2.45, 2.75) is 25.4 Å². The van der Waals surface area contributed by atoms with Gasteiger partial charge < -0.3 is 4.74 Å². The third-order valence-corrected chi connectivity index (χ3v) is 4.94. The number of aryl methyl sites for hydroxylation is 2. The first-order chi connectivity index (χ1) is 13.5. The van der Waals surface area contributed by atoms with Gasteiger partial charge in [-0.3, -0.25) is 0 Å². The van der Waals surface area contributed by atoms with E-state index in [9.17, 15) is 0 Å². The lowest BCUT2D eigenvalue weighted by atomic mass is 10.1. The van der Waals surface area contributed by atoms with Crippen LogP contribution in [0.5, 0.6) is 5.75 Å². The van der Waals surface area contributed by atoms with Gasteiger partial charge in [-0.05, 0) is 54.0 Å². The van der Waals surface area contributed by atoms with E-state index < -0.39 is 0 Å². The van der Waals surface area contributed by atoms with Crippen molar-refractivity contribution in [3.8, 4) is 22.8 Å². The fourth-order valence-corrected chi connectivity index (χ4v) is 3.25. The van der Waals surface area contributed by atoms with Gasteiger partial charge >= 0.3 is 0 Å². The number of rotatable bonds is 5. The molecule has 2 aromatic carbocycles. The Kier molecular flexibility index (Phi) is 4.87. The molecule has 0 fully saturated rings. The standard InChI is InChI=1S/C20H20N6OS/c1-13-4-5-14(2)18(10-13)26-20(28)17(11-21-26)19-22-24-25(23-19)12-15-6-8-16(27-3)9-7-15/h4-11,28H,12H2,1-3H3. The Hall–Kier alpha value is -3.13. The molecule has 142 valence electrons. The maximum absolute atomic E-state index is 5.18. The van der Waals surface area contributed by atoms with E-state index in [2.05, 4.69) is 58.3 Å². The number of methoxy groups -OCH3 is 1. The summed E-state index contributed by atoms with van der Waals surface area (Å²) >= 11 is 4.67. The highest BCUT2D eigenvalue weighted by molar-refractivity contribution is 7.80. The highest BCUT2D eigenvalue weighted by Crippen LogP contribution is 2.27. The molecule has 0 saturated heterocycles. The topological polar surface area (TPSA) is 70.7 Å². The fourth-order valence-electron chi connectivity index (χ4n) is 2.94. The predicted molar refractivity (Wildman–Crippen MR) is 109 cm³/mol. The lowest BCUT2D eigenvalue weighted by Gasteiger charge is -2.08. The van der Waals surface area contributed by atoms with Crippen LogP contribution >= 0.6 is 12.6 Å². The predicted octanol–water partition coefficient (Wildman–Crippen LogP) is 3.49. The van der Waals surface area contributed by atoms with Gasteiger partial charge in [-0.25, -0.2) is 4.68 Å². The molecule has 4 aromatic rings. The van der Waals surface area contributed by atoms with Crippen LogP contribution in [0.3, 0.4) is 0 Å². The van der Waals surface area contributed by atoms with E-state index >= 15 is 0 Å².